The maximum atomic E-state index is 11.7. The van der Waals surface area contributed by atoms with E-state index >= 15 is 0 Å². The van der Waals surface area contributed by atoms with Crippen LogP contribution in [0.5, 0.6) is 0 Å². The van der Waals surface area contributed by atoms with Crippen molar-refractivity contribution in [3.8, 4) is 0 Å². The highest BCUT2D eigenvalue weighted by atomic mass is 32.1. The van der Waals surface area contributed by atoms with Gasteiger partial charge in [-0.05, 0) is 30.6 Å². The van der Waals surface area contributed by atoms with Gasteiger partial charge >= 0.3 is 0 Å². The Morgan fingerprint density at radius 2 is 1.71 bits per heavy atom. The number of carbonyl (C=O) groups excluding carboxylic acids is 1. The van der Waals surface area contributed by atoms with E-state index in [2.05, 4.69) is 18.7 Å². The van der Waals surface area contributed by atoms with E-state index in [4.69, 9.17) is 0 Å². The minimum absolute atomic E-state index is 0.352. The predicted molar refractivity (Wildman–Crippen MR) is 77.6 cm³/mol. The van der Waals surface area contributed by atoms with Crippen molar-refractivity contribution >= 4 is 18.4 Å². The van der Waals surface area contributed by atoms with Crippen molar-refractivity contribution in [1.29, 1.82) is 0 Å². The van der Waals surface area contributed by atoms with Crippen LogP contribution in [-0.4, -0.2) is 11.5 Å². The van der Waals surface area contributed by atoms with Gasteiger partial charge in [-0.2, -0.15) is 12.6 Å². The highest BCUT2D eigenvalue weighted by molar-refractivity contribution is 7.80. The van der Waals surface area contributed by atoms with Gasteiger partial charge in [0.25, 0.3) is 0 Å². The number of carbonyl (C=O) groups is 1. The molecule has 2 heteroatoms. The van der Waals surface area contributed by atoms with Gasteiger partial charge in [-0.1, -0.05) is 50.3 Å². The minimum Gasteiger partial charge on any atom is -0.295 e. The van der Waals surface area contributed by atoms with E-state index in [9.17, 15) is 4.79 Å². The molecule has 0 aromatic carbocycles. The molecule has 0 spiro atoms. The van der Waals surface area contributed by atoms with Crippen LogP contribution in [0.3, 0.4) is 0 Å². The number of unbranched alkanes of at least 4 members (excludes halogenated alkanes) is 6. The molecule has 0 aliphatic heterocycles. The summed E-state index contributed by atoms with van der Waals surface area (Å²) in [6.07, 6.45) is 16.3. The minimum atomic E-state index is 0.352. The molecule has 1 nitrogen and oxygen atoms in total. The van der Waals surface area contributed by atoms with Crippen molar-refractivity contribution in [2.45, 2.75) is 57.8 Å². The van der Waals surface area contributed by atoms with Gasteiger partial charge in [0.1, 0.15) is 0 Å². The van der Waals surface area contributed by atoms with Crippen molar-refractivity contribution in [2.75, 3.05) is 5.75 Å². The topological polar surface area (TPSA) is 17.1 Å². The lowest BCUT2D eigenvalue weighted by Gasteiger charge is -2.02. The number of ketones is 1. The molecule has 0 saturated heterocycles. The van der Waals surface area contributed by atoms with Crippen LogP contribution in [0.1, 0.15) is 57.8 Å². The van der Waals surface area contributed by atoms with Crippen LogP contribution in [0, 0.1) is 0 Å². The molecule has 0 amide bonds. The zero-order chi connectivity index (χ0) is 12.3. The van der Waals surface area contributed by atoms with Gasteiger partial charge in [0.15, 0.2) is 5.78 Å². The first-order chi connectivity index (χ1) is 8.34. The normalized spacial score (nSPS) is 14.1. The fraction of sp³-hybridized carbons (Fsp3) is 0.667. The summed E-state index contributed by atoms with van der Waals surface area (Å²) in [5.41, 5.74) is 0.999. The zero-order valence-corrected chi connectivity index (χ0v) is 11.6. The zero-order valence-electron chi connectivity index (χ0n) is 10.7. The van der Waals surface area contributed by atoms with Crippen LogP contribution >= 0.6 is 12.6 Å². The lowest BCUT2D eigenvalue weighted by Crippen LogP contribution is -2.00. The molecule has 1 aliphatic carbocycles. The fourth-order valence-electron chi connectivity index (χ4n) is 2.10. The maximum absolute atomic E-state index is 11.7. The van der Waals surface area contributed by atoms with Crippen LogP contribution in [0.25, 0.3) is 0 Å². The summed E-state index contributed by atoms with van der Waals surface area (Å²) in [6, 6.07) is 0. The molecule has 0 unspecified atom stereocenters. The SMILES string of the molecule is O=C(CCCCCCCCCS)C1=CC=CC1. The van der Waals surface area contributed by atoms with E-state index in [1.54, 1.807) is 0 Å². The lowest BCUT2D eigenvalue weighted by molar-refractivity contribution is -0.115. The third-order valence-electron chi connectivity index (χ3n) is 3.19. The summed E-state index contributed by atoms with van der Waals surface area (Å²) in [6.45, 7) is 0. The molecular formula is C15H24OS. The Morgan fingerprint density at radius 1 is 1.06 bits per heavy atom. The van der Waals surface area contributed by atoms with Crippen LogP contribution in [0.15, 0.2) is 23.8 Å². The van der Waals surface area contributed by atoms with Crippen LogP contribution in [-0.2, 0) is 4.79 Å². The Labute approximate surface area is 111 Å². The molecule has 0 saturated carbocycles. The Morgan fingerprint density at radius 3 is 2.29 bits per heavy atom. The van der Waals surface area contributed by atoms with E-state index in [-0.39, 0.29) is 0 Å². The van der Waals surface area contributed by atoms with E-state index in [0.29, 0.717) is 5.78 Å². The second-order valence-electron chi connectivity index (χ2n) is 4.70. The number of hydrogen-bond acceptors (Lipinski definition) is 2. The highest BCUT2D eigenvalue weighted by Crippen LogP contribution is 2.16. The molecule has 0 fully saturated rings. The molecule has 0 aromatic heterocycles. The molecule has 1 rings (SSSR count). The first kappa shape index (κ1) is 14.6. The van der Waals surface area contributed by atoms with E-state index in [1.807, 2.05) is 12.2 Å². The van der Waals surface area contributed by atoms with Crippen molar-refractivity contribution in [2.24, 2.45) is 0 Å². The average molecular weight is 252 g/mol. The maximum Gasteiger partial charge on any atom is 0.159 e. The fourth-order valence-corrected chi connectivity index (χ4v) is 2.32. The van der Waals surface area contributed by atoms with Gasteiger partial charge in [-0.25, -0.2) is 0 Å². The number of rotatable bonds is 10. The summed E-state index contributed by atoms with van der Waals surface area (Å²) < 4.78 is 0. The summed E-state index contributed by atoms with van der Waals surface area (Å²) >= 11 is 4.20. The quantitative estimate of drug-likeness (QED) is 0.448. The number of Topliss-reactive ketones (excluding diaryl/α,β-unsaturated/α-hetero) is 1. The molecule has 17 heavy (non-hydrogen) atoms. The van der Waals surface area contributed by atoms with E-state index in [0.717, 1.165) is 30.6 Å². The molecule has 0 N–H and O–H groups in total. The molecule has 0 heterocycles. The predicted octanol–water partition coefficient (Wildman–Crippen LogP) is 4.49. The second-order valence-corrected chi connectivity index (χ2v) is 5.14. The Balaban J connectivity index is 1.89. The summed E-state index contributed by atoms with van der Waals surface area (Å²) in [7, 11) is 0. The van der Waals surface area contributed by atoms with Gasteiger partial charge in [0.05, 0.1) is 0 Å². The second kappa shape index (κ2) is 9.52. The monoisotopic (exact) mass is 252 g/mol. The number of hydrogen-bond donors (Lipinski definition) is 1. The third kappa shape index (κ3) is 6.72. The summed E-state index contributed by atoms with van der Waals surface area (Å²) in [4.78, 5) is 11.7. The number of thiol groups is 1. The van der Waals surface area contributed by atoms with Crippen molar-refractivity contribution in [3.05, 3.63) is 23.8 Å². The Bertz CT molecular complexity index is 279. The molecule has 0 radical (unpaired) electrons. The molecular weight excluding hydrogens is 228 g/mol. The largest absolute Gasteiger partial charge is 0.295 e. The Kier molecular flexibility index (Phi) is 8.16. The third-order valence-corrected chi connectivity index (χ3v) is 3.51. The van der Waals surface area contributed by atoms with Crippen LogP contribution in [0.4, 0.5) is 0 Å². The molecule has 0 bridgehead atoms. The van der Waals surface area contributed by atoms with Gasteiger partial charge in [-0.15, -0.1) is 0 Å². The van der Waals surface area contributed by atoms with E-state index in [1.165, 1.54) is 38.5 Å². The van der Waals surface area contributed by atoms with Crippen molar-refractivity contribution in [1.82, 2.24) is 0 Å². The van der Waals surface area contributed by atoms with Gasteiger partial charge in [0.2, 0.25) is 0 Å². The molecule has 1 aliphatic rings. The average Bonchev–Trinajstić information content (AvgIpc) is 2.86. The molecule has 96 valence electrons. The Hall–Kier alpha value is -0.500. The summed E-state index contributed by atoms with van der Waals surface area (Å²) in [5.74, 6) is 1.36. The smallest absolute Gasteiger partial charge is 0.159 e. The summed E-state index contributed by atoms with van der Waals surface area (Å²) in [5, 5.41) is 0. The van der Waals surface area contributed by atoms with Gasteiger partial charge in [0, 0.05) is 6.42 Å². The number of allylic oxidation sites excluding steroid dienone is 4. The van der Waals surface area contributed by atoms with Gasteiger partial charge < -0.3 is 0 Å². The standard InChI is InChI=1S/C15H24OS/c16-15(14-10-7-8-11-14)12-6-4-2-1-3-5-9-13-17/h7-8,10,17H,1-6,9,11-13H2. The van der Waals surface area contributed by atoms with Crippen molar-refractivity contribution in [3.63, 3.8) is 0 Å². The first-order valence-corrected chi connectivity index (χ1v) is 7.47. The van der Waals surface area contributed by atoms with E-state index < -0.39 is 0 Å². The van der Waals surface area contributed by atoms with Crippen LogP contribution < -0.4 is 0 Å². The molecule has 0 atom stereocenters. The van der Waals surface area contributed by atoms with Gasteiger partial charge in [-0.3, -0.25) is 4.79 Å². The van der Waals surface area contributed by atoms with Crippen molar-refractivity contribution < 1.29 is 4.79 Å². The lowest BCUT2D eigenvalue weighted by atomic mass is 10.0. The molecule has 0 aromatic rings. The first-order valence-electron chi connectivity index (χ1n) is 6.84. The van der Waals surface area contributed by atoms with Crippen LogP contribution in [0.2, 0.25) is 0 Å². The highest BCUT2D eigenvalue weighted by Gasteiger charge is 2.09.